The Morgan fingerprint density at radius 2 is 2.00 bits per heavy atom. The summed E-state index contributed by atoms with van der Waals surface area (Å²) >= 11 is 0. The van der Waals surface area contributed by atoms with Gasteiger partial charge in [-0.3, -0.25) is 0 Å². The summed E-state index contributed by atoms with van der Waals surface area (Å²) < 4.78 is 32.8. The molecule has 0 saturated carbocycles. The molecule has 0 spiro atoms. The Kier molecular flexibility index (Phi) is 4.25. The van der Waals surface area contributed by atoms with Crippen LogP contribution < -0.4 is 5.32 Å². The third-order valence-corrected chi connectivity index (χ3v) is 3.46. The average molecular weight is 317 g/mol. The molecule has 1 heterocycles. The molecule has 0 bridgehead atoms. The molecule has 0 aliphatic heterocycles. The molecule has 23 heavy (non-hydrogen) atoms. The molecule has 0 unspecified atom stereocenters. The lowest BCUT2D eigenvalue weighted by atomic mass is 10.2. The largest absolute Gasteiger partial charge is 0.436 e. The lowest BCUT2D eigenvalue weighted by Crippen LogP contribution is -2.20. The van der Waals surface area contributed by atoms with Gasteiger partial charge in [0.1, 0.15) is 5.52 Å². The van der Waals surface area contributed by atoms with E-state index in [-0.39, 0.29) is 11.5 Å². The van der Waals surface area contributed by atoms with Crippen LogP contribution in [0.3, 0.4) is 0 Å². The van der Waals surface area contributed by atoms with Crippen molar-refractivity contribution in [3.05, 3.63) is 48.0 Å². The topological polar surface area (TPSA) is 41.3 Å². The van der Waals surface area contributed by atoms with E-state index in [1.165, 1.54) is 12.1 Å². The van der Waals surface area contributed by atoms with Gasteiger partial charge in [0.05, 0.1) is 5.56 Å². The Hall–Kier alpha value is -2.47. The molecule has 0 saturated heterocycles. The van der Waals surface area contributed by atoms with Gasteiger partial charge in [0.25, 0.3) is 0 Å². The zero-order valence-corrected chi connectivity index (χ0v) is 12.9. The first-order chi connectivity index (χ1) is 11.0. The first kappa shape index (κ1) is 15.4. The standard InChI is InChI=1S/C17H17F2N3O/c1-22(2)9-8-20-11-6-7-14-15(10-11)23-17(21-14)12-4-3-5-13(18)16(12)19/h3-7,10,20H,8-9H2,1-2H3. The predicted octanol–water partition coefficient (Wildman–Crippen LogP) is 3.75. The van der Waals surface area contributed by atoms with Crippen LogP contribution in [-0.4, -0.2) is 37.1 Å². The van der Waals surface area contributed by atoms with Crippen molar-refractivity contribution >= 4 is 16.8 Å². The number of likely N-dealkylation sites (N-methyl/N-ethyl adjacent to an activating group) is 1. The zero-order chi connectivity index (χ0) is 16.4. The van der Waals surface area contributed by atoms with Gasteiger partial charge in [0.2, 0.25) is 5.89 Å². The number of benzene rings is 2. The Labute approximate surface area is 132 Å². The van der Waals surface area contributed by atoms with Gasteiger partial charge in [-0.2, -0.15) is 0 Å². The van der Waals surface area contributed by atoms with Gasteiger partial charge in [0.15, 0.2) is 17.2 Å². The molecule has 0 aliphatic carbocycles. The summed E-state index contributed by atoms with van der Waals surface area (Å²) in [6.45, 7) is 1.69. The van der Waals surface area contributed by atoms with Gasteiger partial charge >= 0.3 is 0 Å². The molecule has 0 amide bonds. The number of oxazole rings is 1. The molecule has 0 radical (unpaired) electrons. The number of fused-ring (bicyclic) bond motifs is 1. The van der Waals surface area contributed by atoms with Crippen molar-refractivity contribution in [2.75, 3.05) is 32.5 Å². The summed E-state index contributed by atoms with van der Waals surface area (Å²) in [4.78, 5) is 6.30. The van der Waals surface area contributed by atoms with Gasteiger partial charge in [-0.25, -0.2) is 13.8 Å². The number of hydrogen-bond donors (Lipinski definition) is 1. The molecular formula is C17H17F2N3O. The normalized spacial score (nSPS) is 11.3. The number of nitrogens with zero attached hydrogens (tertiary/aromatic N) is 2. The van der Waals surface area contributed by atoms with E-state index in [1.807, 2.05) is 20.2 Å². The second-order valence-electron chi connectivity index (χ2n) is 5.53. The fourth-order valence-corrected chi connectivity index (χ4v) is 2.24. The summed E-state index contributed by atoms with van der Waals surface area (Å²) in [5, 5.41) is 3.27. The van der Waals surface area contributed by atoms with E-state index >= 15 is 0 Å². The quantitative estimate of drug-likeness (QED) is 0.778. The zero-order valence-electron chi connectivity index (χ0n) is 12.9. The van der Waals surface area contributed by atoms with E-state index in [4.69, 9.17) is 4.42 Å². The Morgan fingerprint density at radius 3 is 2.78 bits per heavy atom. The summed E-state index contributed by atoms with van der Waals surface area (Å²) in [7, 11) is 4.00. The van der Waals surface area contributed by atoms with Gasteiger partial charge < -0.3 is 14.6 Å². The van der Waals surface area contributed by atoms with Gasteiger partial charge in [0, 0.05) is 24.8 Å². The molecule has 120 valence electrons. The first-order valence-corrected chi connectivity index (χ1v) is 7.28. The van der Waals surface area contributed by atoms with Crippen molar-refractivity contribution in [3.8, 4) is 11.5 Å². The van der Waals surface area contributed by atoms with E-state index in [2.05, 4.69) is 15.2 Å². The maximum Gasteiger partial charge on any atom is 0.230 e. The number of aromatic nitrogens is 1. The molecule has 0 fully saturated rings. The van der Waals surface area contributed by atoms with E-state index in [0.29, 0.717) is 11.1 Å². The number of rotatable bonds is 5. The van der Waals surface area contributed by atoms with E-state index < -0.39 is 11.6 Å². The molecule has 1 aromatic heterocycles. The molecule has 1 N–H and O–H groups in total. The number of halogens is 2. The number of anilines is 1. The highest BCUT2D eigenvalue weighted by molar-refractivity contribution is 5.80. The fourth-order valence-electron chi connectivity index (χ4n) is 2.24. The first-order valence-electron chi connectivity index (χ1n) is 7.28. The molecular weight excluding hydrogens is 300 g/mol. The Bertz CT molecular complexity index is 830. The van der Waals surface area contributed by atoms with Crippen LogP contribution in [0.5, 0.6) is 0 Å². The minimum absolute atomic E-state index is 0.0170. The Balaban J connectivity index is 1.88. The monoisotopic (exact) mass is 317 g/mol. The van der Waals surface area contributed by atoms with Crippen molar-refractivity contribution in [1.29, 1.82) is 0 Å². The van der Waals surface area contributed by atoms with E-state index in [9.17, 15) is 8.78 Å². The molecule has 3 rings (SSSR count). The van der Waals surface area contributed by atoms with Crippen LogP contribution in [0.2, 0.25) is 0 Å². The smallest absolute Gasteiger partial charge is 0.230 e. The lowest BCUT2D eigenvalue weighted by Gasteiger charge is -2.10. The third-order valence-electron chi connectivity index (χ3n) is 3.46. The second-order valence-corrected chi connectivity index (χ2v) is 5.53. The van der Waals surface area contributed by atoms with Gasteiger partial charge in [-0.15, -0.1) is 0 Å². The van der Waals surface area contributed by atoms with Crippen LogP contribution in [0.1, 0.15) is 0 Å². The predicted molar refractivity (Wildman–Crippen MR) is 86.4 cm³/mol. The minimum Gasteiger partial charge on any atom is -0.436 e. The minimum atomic E-state index is -0.955. The Morgan fingerprint density at radius 1 is 1.17 bits per heavy atom. The van der Waals surface area contributed by atoms with Crippen molar-refractivity contribution in [2.24, 2.45) is 0 Å². The third kappa shape index (κ3) is 3.32. The number of nitrogens with one attached hydrogen (secondary N) is 1. The highest BCUT2D eigenvalue weighted by Gasteiger charge is 2.15. The fraction of sp³-hybridized carbons (Fsp3) is 0.235. The molecule has 6 heteroatoms. The SMILES string of the molecule is CN(C)CCNc1ccc2nc(-c3cccc(F)c3F)oc2c1. The molecule has 4 nitrogen and oxygen atoms in total. The van der Waals surface area contributed by atoms with Crippen molar-refractivity contribution in [2.45, 2.75) is 0 Å². The van der Waals surface area contributed by atoms with Gasteiger partial charge in [-0.1, -0.05) is 6.07 Å². The lowest BCUT2D eigenvalue weighted by molar-refractivity contribution is 0.425. The summed E-state index contributed by atoms with van der Waals surface area (Å²) in [5.41, 5.74) is 2.03. The summed E-state index contributed by atoms with van der Waals surface area (Å²) in [5.74, 6) is -1.80. The average Bonchev–Trinajstić information content (AvgIpc) is 2.92. The van der Waals surface area contributed by atoms with Crippen molar-refractivity contribution in [1.82, 2.24) is 9.88 Å². The number of hydrogen-bond acceptors (Lipinski definition) is 4. The van der Waals surface area contributed by atoms with Crippen molar-refractivity contribution in [3.63, 3.8) is 0 Å². The second kappa shape index (κ2) is 6.34. The van der Waals surface area contributed by atoms with Crippen LogP contribution >= 0.6 is 0 Å². The maximum absolute atomic E-state index is 13.8. The van der Waals surface area contributed by atoms with Crippen molar-refractivity contribution < 1.29 is 13.2 Å². The molecule has 3 aromatic rings. The van der Waals surface area contributed by atoms with Crippen LogP contribution in [0, 0.1) is 11.6 Å². The van der Waals surface area contributed by atoms with Crippen LogP contribution in [-0.2, 0) is 0 Å². The molecule has 0 atom stereocenters. The van der Waals surface area contributed by atoms with E-state index in [0.717, 1.165) is 24.8 Å². The van der Waals surface area contributed by atoms with Gasteiger partial charge in [-0.05, 0) is 38.4 Å². The molecule has 0 aliphatic rings. The summed E-state index contributed by atoms with van der Waals surface area (Å²) in [6.07, 6.45) is 0. The highest BCUT2D eigenvalue weighted by Crippen LogP contribution is 2.28. The van der Waals surface area contributed by atoms with Crippen LogP contribution in [0.25, 0.3) is 22.6 Å². The highest BCUT2D eigenvalue weighted by atomic mass is 19.2. The molecule has 2 aromatic carbocycles. The summed E-state index contributed by atoms with van der Waals surface area (Å²) in [6, 6.07) is 9.41. The van der Waals surface area contributed by atoms with E-state index in [1.54, 1.807) is 12.1 Å². The van der Waals surface area contributed by atoms with Crippen LogP contribution in [0.15, 0.2) is 40.8 Å². The van der Waals surface area contributed by atoms with Crippen LogP contribution in [0.4, 0.5) is 14.5 Å². The maximum atomic E-state index is 13.8.